The summed E-state index contributed by atoms with van der Waals surface area (Å²) in [4.78, 5) is 13.9. The first-order valence-corrected chi connectivity index (χ1v) is 5.26. The van der Waals surface area contributed by atoms with Gasteiger partial charge in [0.05, 0.1) is 6.10 Å². The van der Waals surface area contributed by atoms with Gasteiger partial charge in [-0.3, -0.25) is 0 Å². The SMILES string of the molecule is CC(O)Cn1c(Br)nc(Br)c1[N+](=O)[O-]. The van der Waals surface area contributed by atoms with Gasteiger partial charge in [0.25, 0.3) is 4.73 Å². The van der Waals surface area contributed by atoms with Crippen molar-refractivity contribution < 1.29 is 10.0 Å². The number of halogens is 2. The van der Waals surface area contributed by atoms with E-state index in [0.717, 1.165) is 0 Å². The Kier molecular flexibility index (Phi) is 3.62. The second kappa shape index (κ2) is 4.37. The van der Waals surface area contributed by atoms with Gasteiger partial charge in [-0.25, -0.2) is 0 Å². The largest absolute Gasteiger partial charge is 0.389 e. The summed E-state index contributed by atoms with van der Waals surface area (Å²) in [6.07, 6.45) is -0.675. The number of hydrogen-bond donors (Lipinski definition) is 1. The molecule has 0 aromatic carbocycles. The van der Waals surface area contributed by atoms with Crippen LogP contribution in [0.5, 0.6) is 0 Å². The minimum Gasteiger partial charge on any atom is -0.389 e. The van der Waals surface area contributed by atoms with E-state index in [2.05, 4.69) is 36.8 Å². The topological polar surface area (TPSA) is 81.2 Å². The maximum absolute atomic E-state index is 10.6. The zero-order valence-corrected chi connectivity index (χ0v) is 10.3. The summed E-state index contributed by atoms with van der Waals surface area (Å²) in [6, 6.07) is 0. The molecule has 1 aromatic heterocycles. The van der Waals surface area contributed by atoms with Crippen LogP contribution in [0.3, 0.4) is 0 Å². The van der Waals surface area contributed by atoms with Gasteiger partial charge >= 0.3 is 5.82 Å². The molecule has 8 heteroatoms. The van der Waals surface area contributed by atoms with Crippen LogP contribution in [0, 0.1) is 10.1 Å². The zero-order valence-electron chi connectivity index (χ0n) is 7.15. The second-order valence-electron chi connectivity index (χ2n) is 2.71. The molecule has 0 saturated heterocycles. The lowest BCUT2D eigenvalue weighted by atomic mass is 10.4. The summed E-state index contributed by atoms with van der Waals surface area (Å²) >= 11 is 6.04. The molecule has 1 unspecified atom stereocenters. The molecule has 14 heavy (non-hydrogen) atoms. The Morgan fingerprint density at radius 3 is 2.71 bits per heavy atom. The summed E-state index contributed by atoms with van der Waals surface area (Å²) in [5.74, 6) is -0.169. The molecular weight excluding hydrogens is 322 g/mol. The van der Waals surface area contributed by atoms with E-state index in [9.17, 15) is 10.1 Å². The Morgan fingerprint density at radius 1 is 1.71 bits per heavy atom. The maximum Gasteiger partial charge on any atom is 0.358 e. The van der Waals surface area contributed by atoms with E-state index >= 15 is 0 Å². The third kappa shape index (κ3) is 2.31. The fourth-order valence-electron chi connectivity index (χ4n) is 0.990. The number of nitro groups is 1. The average molecular weight is 329 g/mol. The molecule has 0 aliphatic heterocycles. The van der Waals surface area contributed by atoms with Crippen molar-refractivity contribution in [1.29, 1.82) is 0 Å². The van der Waals surface area contributed by atoms with E-state index in [1.54, 1.807) is 6.92 Å². The first-order chi connectivity index (χ1) is 6.43. The minimum atomic E-state index is -0.675. The lowest BCUT2D eigenvalue weighted by Gasteiger charge is -2.03. The Hall–Kier alpha value is -0.470. The fraction of sp³-hybridized carbons (Fsp3) is 0.500. The van der Waals surface area contributed by atoms with E-state index in [-0.39, 0.29) is 17.0 Å². The van der Waals surface area contributed by atoms with Crippen LogP contribution in [0.1, 0.15) is 6.92 Å². The predicted octanol–water partition coefficient (Wildman–Crippen LogP) is 1.70. The van der Waals surface area contributed by atoms with Crippen LogP contribution in [0.15, 0.2) is 9.34 Å². The maximum atomic E-state index is 10.6. The van der Waals surface area contributed by atoms with Gasteiger partial charge in [-0.2, -0.15) is 9.55 Å². The molecule has 1 heterocycles. The summed E-state index contributed by atoms with van der Waals surface area (Å²) in [5.41, 5.74) is 0. The van der Waals surface area contributed by atoms with Gasteiger partial charge < -0.3 is 15.2 Å². The summed E-state index contributed by atoms with van der Waals surface area (Å²) in [5, 5.41) is 19.8. The number of rotatable bonds is 3. The number of nitrogens with zero attached hydrogens (tertiary/aromatic N) is 3. The molecule has 1 rings (SSSR count). The highest BCUT2D eigenvalue weighted by Crippen LogP contribution is 2.28. The Labute approximate surface area is 96.3 Å². The highest BCUT2D eigenvalue weighted by molar-refractivity contribution is 9.11. The lowest BCUT2D eigenvalue weighted by molar-refractivity contribution is -0.393. The molecular formula is C6H7Br2N3O3. The predicted molar refractivity (Wildman–Crippen MR) is 56.0 cm³/mol. The first kappa shape index (κ1) is 11.6. The standard InChI is InChI=1S/C6H7Br2N3O3/c1-3(12)2-10-5(11(13)14)4(7)9-6(10)8/h3,12H,2H2,1H3. The van der Waals surface area contributed by atoms with Crippen molar-refractivity contribution in [3.05, 3.63) is 19.5 Å². The molecule has 0 aliphatic carbocycles. The third-order valence-electron chi connectivity index (χ3n) is 1.47. The van der Waals surface area contributed by atoms with Crippen LogP contribution < -0.4 is 0 Å². The quantitative estimate of drug-likeness (QED) is 0.676. The molecule has 0 bridgehead atoms. The molecule has 0 amide bonds. The highest BCUT2D eigenvalue weighted by Gasteiger charge is 2.25. The van der Waals surface area contributed by atoms with Crippen molar-refractivity contribution in [2.24, 2.45) is 0 Å². The fourth-order valence-corrected chi connectivity index (χ4v) is 2.24. The molecule has 1 atom stereocenters. The van der Waals surface area contributed by atoms with Crippen molar-refractivity contribution >= 4 is 37.7 Å². The molecule has 0 aliphatic rings. The van der Waals surface area contributed by atoms with E-state index < -0.39 is 11.0 Å². The Balaban J connectivity index is 3.18. The minimum absolute atomic E-state index is 0.121. The number of aromatic nitrogens is 2. The normalized spacial score (nSPS) is 12.9. The van der Waals surface area contributed by atoms with Gasteiger partial charge in [-0.1, -0.05) is 0 Å². The zero-order chi connectivity index (χ0) is 10.9. The van der Waals surface area contributed by atoms with Crippen LogP contribution >= 0.6 is 31.9 Å². The molecule has 0 spiro atoms. The second-order valence-corrected chi connectivity index (χ2v) is 4.17. The highest BCUT2D eigenvalue weighted by atomic mass is 79.9. The van der Waals surface area contributed by atoms with Gasteiger partial charge in [0, 0.05) is 15.9 Å². The van der Waals surface area contributed by atoms with Crippen molar-refractivity contribution in [3.63, 3.8) is 0 Å². The molecule has 0 radical (unpaired) electrons. The molecule has 1 N–H and O–H groups in total. The number of aliphatic hydroxyl groups is 1. The molecule has 0 saturated carbocycles. The van der Waals surface area contributed by atoms with Gasteiger partial charge in [-0.05, 0) is 27.8 Å². The van der Waals surface area contributed by atoms with Crippen molar-refractivity contribution in [1.82, 2.24) is 9.55 Å². The summed E-state index contributed by atoms with van der Waals surface area (Å²) in [6.45, 7) is 1.67. The van der Waals surface area contributed by atoms with E-state index in [1.807, 2.05) is 0 Å². The smallest absolute Gasteiger partial charge is 0.358 e. The number of aliphatic hydroxyl groups excluding tert-OH is 1. The van der Waals surface area contributed by atoms with Crippen molar-refractivity contribution in [2.75, 3.05) is 0 Å². The molecule has 0 fully saturated rings. The van der Waals surface area contributed by atoms with Gasteiger partial charge in [0.1, 0.15) is 6.54 Å². The van der Waals surface area contributed by atoms with Gasteiger partial charge in [-0.15, -0.1) is 0 Å². The van der Waals surface area contributed by atoms with Crippen LogP contribution in [-0.2, 0) is 6.54 Å². The average Bonchev–Trinajstić information content (AvgIpc) is 2.25. The summed E-state index contributed by atoms with van der Waals surface area (Å²) < 4.78 is 1.75. The van der Waals surface area contributed by atoms with E-state index in [4.69, 9.17) is 5.11 Å². The van der Waals surface area contributed by atoms with Crippen molar-refractivity contribution in [2.45, 2.75) is 19.6 Å². The van der Waals surface area contributed by atoms with E-state index in [1.165, 1.54) is 4.57 Å². The molecule has 78 valence electrons. The Morgan fingerprint density at radius 2 is 2.29 bits per heavy atom. The monoisotopic (exact) mass is 327 g/mol. The van der Waals surface area contributed by atoms with Crippen LogP contribution in [0.2, 0.25) is 0 Å². The molecule has 1 aromatic rings. The number of imidazole rings is 1. The van der Waals surface area contributed by atoms with Crippen LogP contribution in [0.25, 0.3) is 0 Å². The van der Waals surface area contributed by atoms with Crippen LogP contribution in [-0.4, -0.2) is 25.7 Å². The first-order valence-electron chi connectivity index (χ1n) is 3.67. The van der Waals surface area contributed by atoms with Crippen molar-refractivity contribution in [3.8, 4) is 0 Å². The van der Waals surface area contributed by atoms with Gasteiger partial charge in [0.15, 0.2) is 0 Å². The molecule has 6 nitrogen and oxygen atoms in total. The van der Waals surface area contributed by atoms with E-state index in [0.29, 0.717) is 4.73 Å². The summed E-state index contributed by atoms with van der Waals surface area (Å²) in [7, 11) is 0. The van der Waals surface area contributed by atoms with Crippen LogP contribution in [0.4, 0.5) is 5.82 Å². The van der Waals surface area contributed by atoms with Gasteiger partial charge in [0.2, 0.25) is 4.60 Å². The lowest BCUT2D eigenvalue weighted by Crippen LogP contribution is -2.13. The Bertz CT molecular complexity index is 363. The number of hydrogen-bond acceptors (Lipinski definition) is 4. The third-order valence-corrected chi connectivity index (χ3v) is 2.61.